The van der Waals surface area contributed by atoms with Crippen LogP contribution in [-0.2, 0) is 21.4 Å². The van der Waals surface area contributed by atoms with E-state index >= 15 is 0 Å². The van der Waals surface area contributed by atoms with Gasteiger partial charge in [0.1, 0.15) is 12.7 Å². The monoisotopic (exact) mass is 405 g/mol. The van der Waals surface area contributed by atoms with Crippen molar-refractivity contribution in [2.45, 2.75) is 45.6 Å². The van der Waals surface area contributed by atoms with Crippen molar-refractivity contribution in [2.24, 2.45) is 0 Å². The summed E-state index contributed by atoms with van der Waals surface area (Å²) in [5.41, 5.74) is 3.55. The number of hydrogen-bond donors (Lipinski definition) is 0. The Hall–Kier alpha value is -2.26. The molecule has 1 saturated heterocycles. The van der Waals surface area contributed by atoms with Gasteiger partial charge in [0.2, 0.25) is 15.9 Å². The standard InChI is InChI=1S/C19H27N5O3S/c1-14-11-15(2)17(4)19(16(14)3)28(26,27)24-9-7-22(8-10-24)18(25)5-6-23-13-20-12-21-23/h11-13H,5-10H2,1-4H3. The van der Waals surface area contributed by atoms with Gasteiger partial charge >= 0.3 is 0 Å². The van der Waals surface area contributed by atoms with Crippen molar-refractivity contribution in [2.75, 3.05) is 26.2 Å². The van der Waals surface area contributed by atoms with Gasteiger partial charge in [-0.2, -0.15) is 9.40 Å². The lowest BCUT2D eigenvalue weighted by Crippen LogP contribution is -2.50. The van der Waals surface area contributed by atoms with E-state index in [1.165, 1.54) is 10.6 Å². The highest BCUT2D eigenvalue weighted by Crippen LogP contribution is 2.29. The zero-order valence-electron chi connectivity index (χ0n) is 16.8. The van der Waals surface area contributed by atoms with Crippen molar-refractivity contribution in [1.29, 1.82) is 0 Å². The van der Waals surface area contributed by atoms with Crippen molar-refractivity contribution in [3.05, 3.63) is 41.0 Å². The first-order chi connectivity index (χ1) is 13.2. The molecular formula is C19H27N5O3S. The van der Waals surface area contributed by atoms with Gasteiger partial charge in [0.15, 0.2) is 0 Å². The fraction of sp³-hybridized carbons (Fsp3) is 0.526. The Morgan fingerprint density at radius 2 is 1.64 bits per heavy atom. The van der Waals surface area contributed by atoms with Crippen molar-refractivity contribution < 1.29 is 13.2 Å². The molecule has 1 aromatic heterocycles. The third kappa shape index (κ3) is 3.95. The zero-order valence-corrected chi connectivity index (χ0v) is 17.7. The van der Waals surface area contributed by atoms with E-state index in [2.05, 4.69) is 10.1 Å². The number of aromatic nitrogens is 3. The summed E-state index contributed by atoms with van der Waals surface area (Å²) < 4.78 is 29.7. The molecule has 1 amide bonds. The van der Waals surface area contributed by atoms with Crippen LogP contribution in [0.3, 0.4) is 0 Å². The van der Waals surface area contributed by atoms with Crippen LogP contribution in [0, 0.1) is 27.7 Å². The van der Waals surface area contributed by atoms with Gasteiger partial charge in [0, 0.05) is 32.6 Å². The molecule has 28 heavy (non-hydrogen) atoms. The van der Waals surface area contributed by atoms with E-state index in [-0.39, 0.29) is 5.91 Å². The van der Waals surface area contributed by atoms with Crippen LogP contribution in [0.25, 0.3) is 0 Å². The minimum atomic E-state index is -3.59. The van der Waals surface area contributed by atoms with E-state index < -0.39 is 10.0 Å². The molecule has 3 rings (SSSR count). The molecule has 0 unspecified atom stereocenters. The van der Waals surface area contributed by atoms with Crippen LogP contribution in [0.5, 0.6) is 0 Å². The normalized spacial score (nSPS) is 15.8. The number of nitrogens with zero attached hydrogens (tertiary/aromatic N) is 5. The first-order valence-corrected chi connectivity index (χ1v) is 10.8. The Bertz CT molecular complexity index is 936. The van der Waals surface area contributed by atoms with Crippen molar-refractivity contribution in [1.82, 2.24) is 24.0 Å². The fourth-order valence-corrected chi connectivity index (χ4v) is 5.59. The molecule has 1 aliphatic rings. The molecular weight excluding hydrogens is 378 g/mol. The number of aryl methyl sites for hydroxylation is 3. The Kier molecular flexibility index (Phi) is 5.85. The average molecular weight is 406 g/mol. The summed E-state index contributed by atoms with van der Waals surface area (Å²) in [5.74, 6) is 0.00584. The van der Waals surface area contributed by atoms with E-state index in [1.807, 2.05) is 33.8 Å². The van der Waals surface area contributed by atoms with Gasteiger partial charge in [0.05, 0.1) is 11.4 Å². The second-order valence-electron chi connectivity index (χ2n) is 7.28. The third-order valence-electron chi connectivity index (χ3n) is 5.51. The van der Waals surface area contributed by atoms with Gasteiger partial charge in [-0.1, -0.05) is 6.07 Å². The molecule has 0 spiro atoms. The number of carbonyl (C=O) groups excluding carboxylic acids is 1. The molecule has 0 bridgehead atoms. The van der Waals surface area contributed by atoms with Crippen LogP contribution in [0.1, 0.15) is 28.7 Å². The highest BCUT2D eigenvalue weighted by atomic mass is 32.2. The first-order valence-electron chi connectivity index (χ1n) is 9.39. The number of rotatable bonds is 5. The van der Waals surface area contributed by atoms with Crippen LogP contribution < -0.4 is 0 Å². The second kappa shape index (κ2) is 8.00. The number of benzene rings is 1. The van der Waals surface area contributed by atoms with Gasteiger partial charge in [-0.3, -0.25) is 9.48 Å². The number of sulfonamides is 1. The number of carbonyl (C=O) groups is 1. The van der Waals surface area contributed by atoms with E-state index in [9.17, 15) is 13.2 Å². The number of hydrogen-bond acceptors (Lipinski definition) is 5. The summed E-state index contributed by atoms with van der Waals surface area (Å²) in [6, 6.07) is 2.02. The SMILES string of the molecule is Cc1cc(C)c(C)c(S(=O)(=O)N2CCN(C(=O)CCn3cncn3)CC2)c1C. The Balaban J connectivity index is 1.68. The summed E-state index contributed by atoms with van der Waals surface area (Å²) in [4.78, 5) is 18.4. The van der Waals surface area contributed by atoms with Gasteiger partial charge in [-0.25, -0.2) is 13.4 Å². The maximum atomic E-state index is 13.3. The first kappa shape index (κ1) is 20.5. The van der Waals surface area contributed by atoms with Crippen molar-refractivity contribution >= 4 is 15.9 Å². The Morgan fingerprint density at radius 1 is 1.04 bits per heavy atom. The largest absolute Gasteiger partial charge is 0.340 e. The Labute approximate surface area is 166 Å². The number of amides is 1. The molecule has 1 aliphatic heterocycles. The smallest absolute Gasteiger partial charge is 0.243 e. The van der Waals surface area contributed by atoms with Crippen LogP contribution in [-0.4, -0.2) is 64.5 Å². The van der Waals surface area contributed by atoms with Crippen molar-refractivity contribution in [3.63, 3.8) is 0 Å². The molecule has 1 fully saturated rings. The lowest BCUT2D eigenvalue weighted by atomic mass is 10.0. The quantitative estimate of drug-likeness (QED) is 0.751. The zero-order chi connectivity index (χ0) is 20.5. The molecule has 0 radical (unpaired) electrons. The van der Waals surface area contributed by atoms with Crippen LogP contribution >= 0.6 is 0 Å². The highest BCUT2D eigenvalue weighted by Gasteiger charge is 2.32. The summed E-state index contributed by atoms with van der Waals surface area (Å²) >= 11 is 0. The molecule has 9 heteroatoms. The van der Waals surface area contributed by atoms with E-state index in [1.54, 1.807) is 15.9 Å². The summed E-state index contributed by atoms with van der Waals surface area (Å²) in [6.07, 6.45) is 3.34. The lowest BCUT2D eigenvalue weighted by molar-refractivity contribution is -0.132. The van der Waals surface area contributed by atoms with Crippen molar-refractivity contribution in [3.8, 4) is 0 Å². The Morgan fingerprint density at radius 3 is 2.18 bits per heavy atom. The average Bonchev–Trinajstić information content (AvgIpc) is 3.18. The minimum absolute atomic E-state index is 0.00584. The van der Waals surface area contributed by atoms with Gasteiger partial charge in [-0.05, 0) is 49.9 Å². The van der Waals surface area contributed by atoms with E-state index in [4.69, 9.17) is 0 Å². The van der Waals surface area contributed by atoms with Gasteiger partial charge in [0.25, 0.3) is 0 Å². The third-order valence-corrected chi connectivity index (χ3v) is 7.68. The van der Waals surface area contributed by atoms with Crippen LogP contribution in [0.4, 0.5) is 0 Å². The summed E-state index contributed by atoms with van der Waals surface area (Å²) in [7, 11) is -3.59. The molecule has 2 aromatic rings. The van der Waals surface area contributed by atoms with Gasteiger partial charge in [-0.15, -0.1) is 0 Å². The van der Waals surface area contributed by atoms with Crippen LogP contribution in [0.2, 0.25) is 0 Å². The highest BCUT2D eigenvalue weighted by molar-refractivity contribution is 7.89. The maximum absolute atomic E-state index is 13.3. The van der Waals surface area contributed by atoms with Crippen LogP contribution in [0.15, 0.2) is 23.6 Å². The molecule has 1 aromatic carbocycles. The molecule has 0 N–H and O–H groups in total. The van der Waals surface area contributed by atoms with Gasteiger partial charge < -0.3 is 4.90 Å². The maximum Gasteiger partial charge on any atom is 0.243 e. The molecule has 0 saturated carbocycles. The summed E-state index contributed by atoms with van der Waals surface area (Å²) in [6.45, 7) is 9.48. The number of piperazine rings is 1. The second-order valence-corrected chi connectivity index (χ2v) is 9.16. The molecule has 0 aliphatic carbocycles. The predicted molar refractivity (Wildman–Crippen MR) is 105 cm³/mol. The van der Waals surface area contributed by atoms with E-state index in [0.29, 0.717) is 44.0 Å². The lowest BCUT2D eigenvalue weighted by Gasteiger charge is -2.35. The molecule has 152 valence electrons. The molecule has 0 atom stereocenters. The fourth-order valence-electron chi connectivity index (χ4n) is 3.59. The topological polar surface area (TPSA) is 88.4 Å². The predicted octanol–water partition coefficient (Wildman–Crippen LogP) is 1.43. The minimum Gasteiger partial charge on any atom is -0.340 e. The molecule has 8 nitrogen and oxygen atoms in total. The molecule has 2 heterocycles. The van der Waals surface area contributed by atoms with E-state index in [0.717, 1.165) is 22.3 Å². The summed E-state index contributed by atoms with van der Waals surface area (Å²) in [5, 5.41) is 3.99.